The molecule has 29 heavy (non-hydrogen) atoms. The first-order chi connectivity index (χ1) is 14.0. The van der Waals surface area contributed by atoms with Gasteiger partial charge in [-0.05, 0) is 29.8 Å². The van der Waals surface area contributed by atoms with E-state index in [2.05, 4.69) is 0 Å². The summed E-state index contributed by atoms with van der Waals surface area (Å²) in [5.74, 6) is 2.63. The van der Waals surface area contributed by atoms with Gasteiger partial charge in [-0.3, -0.25) is 4.42 Å². The van der Waals surface area contributed by atoms with Crippen molar-refractivity contribution in [3.05, 3.63) is 47.7 Å². The van der Waals surface area contributed by atoms with Crippen LogP contribution in [-0.4, -0.2) is 34.4 Å². The normalized spacial score (nSPS) is 10.5. The average Bonchev–Trinajstić information content (AvgIpc) is 2.72. The van der Waals surface area contributed by atoms with Crippen molar-refractivity contribution in [1.29, 1.82) is 0 Å². The van der Waals surface area contributed by atoms with Crippen molar-refractivity contribution in [2.75, 3.05) is 28.4 Å². The fourth-order valence-corrected chi connectivity index (χ4v) is 3.09. The summed E-state index contributed by atoms with van der Waals surface area (Å²) >= 11 is 0. The van der Waals surface area contributed by atoms with Gasteiger partial charge in [0, 0.05) is 5.39 Å². The highest BCUT2D eigenvalue weighted by molar-refractivity contribution is 5.88. The Kier molecular flexibility index (Phi) is 6.07. The van der Waals surface area contributed by atoms with Crippen LogP contribution < -0.4 is 23.7 Å². The molecule has 0 amide bonds. The number of carbonyl (C=O) groups is 1. The first-order valence-electron chi connectivity index (χ1n) is 8.90. The van der Waals surface area contributed by atoms with Gasteiger partial charge in [0.1, 0.15) is 0 Å². The van der Waals surface area contributed by atoms with Crippen LogP contribution in [0.15, 0.2) is 40.8 Å². The van der Waals surface area contributed by atoms with Gasteiger partial charge in [0.05, 0.1) is 53.2 Å². The summed E-state index contributed by atoms with van der Waals surface area (Å²) in [5, 5.41) is 1.61. The van der Waals surface area contributed by atoms with Gasteiger partial charge in [0.2, 0.25) is 5.76 Å². The maximum atomic E-state index is 11.4. The van der Waals surface area contributed by atoms with Crippen molar-refractivity contribution in [3.63, 3.8) is 0 Å². The molecule has 0 aliphatic carbocycles. The molecule has 0 aliphatic heterocycles. The third kappa shape index (κ3) is 4.34. The van der Waals surface area contributed by atoms with E-state index >= 15 is 0 Å². The molecule has 7 nitrogen and oxygen atoms in total. The van der Waals surface area contributed by atoms with Crippen LogP contribution in [0.25, 0.3) is 10.8 Å². The molecule has 0 aliphatic rings. The van der Waals surface area contributed by atoms with Gasteiger partial charge in [-0.25, -0.2) is 9.53 Å². The Morgan fingerprint density at radius 1 is 0.828 bits per heavy atom. The molecule has 3 rings (SSSR count). The van der Waals surface area contributed by atoms with E-state index in [1.54, 1.807) is 34.5 Å². The Labute approximate surface area is 168 Å². The summed E-state index contributed by atoms with van der Waals surface area (Å²) in [5.41, 5.74) is 0.933. The third-order valence-electron chi connectivity index (χ3n) is 4.41. The monoisotopic (exact) mass is 399 g/mol. The number of benzene rings is 2. The van der Waals surface area contributed by atoms with Gasteiger partial charge in [-0.1, -0.05) is 6.07 Å². The summed E-state index contributed by atoms with van der Waals surface area (Å²) in [7, 11) is 6.30. The van der Waals surface area contributed by atoms with E-state index in [0.29, 0.717) is 35.2 Å². The minimum absolute atomic E-state index is 0.104. The van der Waals surface area contributed by atoms with Crippen molar-refractivity contribution >= 4 is 16.7 Å². The minimum atomic E-state index is -0.467. The Balaban J connectivity index is 2.14. The van der Waals surface area contributed by atoms with Gasteiger partial charge >= 0.3 is 11.9 Å². The molecule has 0 saturated carbocycles. The van der Waals surface area contributed by atoms with E-state index in [1.165, 1.54) is 6.92 Å². The molecule has 2 aromatic carbocycles. The predicted octanol–water partition coefficient (Wildman–Crippen LogP) is 4.26. The molecule has 1 heterocycles. The van der Waals surface area contributed by atoms with Crippen LogP contribution in [-0.2, 0) is 11.2 Å². The molecule has 0 atom stereocenters. The molecular formula is C22H23O7+. The summed E-state index contributed by atoms with van der Waals surface area (Å²) in [6, 6.07) is 10.9. The number of rotatable bonds is 7. The fourth-order valence-electron chi connectivity index (χ4n) is 3.09. The molecule has 0 spiro atoms. The first-order valence-corrected chi connectivity index (χ1v) is 8.90. The molecule has 1 aromatic heterocycles. The van der Waals surface area contributed by atoms with E-state index in [0.717, 1.165) is 16.3 Å². The van der Waals surface area contributed by atoms with Crippen molar-refractivity contribution in [2.45, 2.75) is 13.3 Å². The fraction of sp³-hybridized carbons (Fsp3) is 0.273. The van der Waals surface area contributed by atoms with Gasteiger partial charge in [0.15, 0.2) is 23.0 Å². The maximum absolute atomic E-state index is 11.4. The van der Waals surface area contributed by atoms with Crippen LogP contribution in [0.2, 0.25) is 0 Å². The standard InChI is InChI=1S/C22H23O7/c1-13(23)28-22-11-15-10-20(26-4)21(27-5)12-16(15)18(29-22)8-14-6-7-17(24-2)19(9-14)25-3/h6-7,9-12H,8H2,1-5H3/q+1. The van der Waals surface area contributed by atoms with Crippen molar-refractivity contribution < 1.29 is 32.9 Å². The number of hydrogen-bond acceptors (Lipinski definition) is 6. The second-order valence-electron chi connectivity index (χ2n) is 6.24. The van der Waals surface area contributed by atoms with E-state index in [4.69, 9.17) is 28.1 Å². The van der Waals surface area contributed by atoms with E-state index in [-0.39, 0.29) is 5.95 Å². The molecule has 152 valence electrons. The highest BCUT2D eigenvalue weighted by atomic mass is 16.6. The zero-order valence-electron chi connectivity index (χ0n) is 17.0. The maximum Gasteiger partial charge on any atom is 0.527 e. The SMILES string of the molecule is COc1ccc(Cc2[o+]c(OC(C)=O)cc3cc(OC)c(OC)cc23)cc1OC. The second kappa shape index (κ2) is 8.68. The average molecular weight is 399 g/mol. The Bertz CT molecular complexity index is 1040. The van der Waals surface area contributed by atoms with Crippen LogP contribution in [0.5, 0.6) is 28.9 Å². The molecule has 3 aromatic rings. The highest BCUT2D eigenvalue weighted by Crippen LogP contribution is 2.37. The zero-order chi connectivity index (χ0) is 21.0. The third-order valence-corrected chi connectivity index (χ3v) is 4.41. The Morgan fingerprint density at radius 3 is 2.07 bits per heavy atom. The lowest BCUT2D eigenvalue weighted by Crippen LogP contribution is -2.03. The van der Waals surface area contributed by atoms with Crippen LogP contribution in [0, 0.1) is 0 Å². The van der Waals surface area contributed by atoms with Crippen LogP contribution in [0.1, 0.15) is 18.2 Å². The van der Waals surface area contributed by atoms with Gasteiger partial charge in [0.25, 0.3) is 0 Å². The predicted molar refractivity (Wildman–Crippen MR) is 107 cm³/mol. The molecule has 0 unspecified atom stereocenters. The van der Waals surface area contributed by atoms with Crippen LogP contribution >= 0.6 is 0 Å². The summed E-state index contributed by atoms with van der Waals surface area (Å²) in [4.78, 5) is 11.4. The Morgan fingerprint density at radius 2 is 1.45 bits per heavy atom. The first kappa shape index (κ1) is 20.3. The number of hydrogen-bond donors (Lipinski definition) is 0. The largest absolute Gasteiger partial charge is 0.527 e. The molecule has 0 N–H and O–H groups in total. The molecule has 7 heteroatoms. The van der Waals surface area contributed by atoms with Gasteiger partial charge in [-0.2, -0.15) is 0 Å². The number of carbonyl (C=O) groups excluding carboxylic acids is 1. The van der Waals surface area contributed by atoms with Gasteiger partial charge in [-0.15, -0.1) is 0 Å². The van der Waals surface area contributed by atoms with Crippen molar-refractivity contribution in [1.82, 2.24) is 0 Å². The number of methoxy groups -OCH3 is 4. The number of esters is 1. The Hall–Kier alpha value is -3.48. The smallest absolute Gasteiger partial charge is 0.493 e. The summed E-state index contributed by atoms with van der Waals surface area (Å²) in [6.45, 7) is 1.32. The van der Waals surface area contributed by atoms with Crippen LogP contribution in [0.4, 0.5) is 0 Å². The molecule has 0 bridgehead atoms. The number of fused-ring (bicyclic) bond motifs is 1. The van der Waals surface area contributed by atoms with E-state index in [1.807, 2.05) is 30.3 Å². The lowest BCUT2D eigenvalue weighted by molar-refractivity contribution is -0.133. The zero-order valence-corrected chi connectivity index (χ0v) is 17.0. The molecule has 0 fully saturated rings. The quantitative estimate of drug-likeness (QED) is 0.434. The highest BCUT2D eigenvalue weighted by Gasteiger charge is 2.22. The molecule has 0 radical (unpaired) electrons. The van der Waals surface area contributed by atoms with E-state index in [9.17, 15) is 4.79 Å². The summed E-state index contributed by atoms with van der Waals surface area (Å²) in [6.07, 6.45) is 0.432. The lowest BCUT2D eigenvalue weighted by atomic mass is 10.0. The lowest BCUT2D eigenvalue weighted by Gasteiger charge is -2.11. The second-order valence-corrected chi connectivity index (χ2v) is 6.24. The van der Waals surface area contributed by atoms with Gasteiger partial charge < -0.3 is 18.9 Å². The number of ether oxygens (including phenoxy) is 5. The van der Waals surface area contributed by atoms with E-state index < -0.39 is 5.97 Å². The molecular weight excluding hydrogens is 376 g/mol. The minimum Gasteiger partial charge on any atom is -0.493 e. The van der Waals surface area contributed by atoms with Crippen molar-refractivity contribution in [2.24, 2.45) is 0 Å². The molecule has 0 saturated heterocycles. The topological polar surface area (TPSA) is 74.5 Å². The summed E-state index contributed by atoms with van der Waals surface area (Å²) < 4.78 is 32.6. The van der Waals surface area contributed by atoms with Crippen molar-refractivity contribution in [3.8, 4) is 28.9 Å². The van der Waals surface area contributed by atoms with Crippen LogP contribution in [0.3, 0.4) is 0 Å².